The van der Waals surface area contributed by atoms with Crippen molar-refractivity contribution in [3.8, 4) is 11.3 Å². The van der Waals surface area contributed by atoms with E-state index in [2.05, 4.69) is 10.1 Å². The van der Waals surface area contributed by atoms with Crippen LogP contribution in [0.3, 0.4) is 0 Å². The van der Waals surface area contributed by atoms with Crippen LogP contribution in [0.15, 0.2) is 80.7 Å². The number of carbonyl (C=O) groups excluding carboxylic acids is 2. The minimum Gasteiger partial charge on any atom is -0.465 e. The molecule has 0 radical (unpaired) electrons. The Morgan fingerprint density at radius 1 is 1.06 bits per heavy atom. The van der Waals surface area contributed by atoms with Crippen LogP contribution in [-0.2, 0) is 9.53 Å². The van der Waals surface area contributed by atoms with Crippen molar-refractivity contribution in [1.29, 1.82) is 5.41 Å². The van der Waals surface area contributed by atoms with E-state index in [1.165, 1.54) is 30.0 Å². The Hall–Kier alpha value is -4.24. The molecule has 2 aromatic carbocycles. The molecule has 1 N–H and O–H groups in total. The molecule has 5 rings (SSSR count). The maximum Gasteiger partial charge on any atom is 0.337 e. The number of amidine groups is 2. The fourth-order valence-corrected chi connectivity index (χ4v) is 4.32. The number of rotatable bonds is 4. The van der Waals surface area contributed by atoms with Gasteiger partial charge in [-0.1, -0.05) is 42.0 Å². The number of hydrogen-bond acceptors (Lipinski definition) is 7. The predicted molar refractivity (Wildman–Crippen MR) is 131 cm³/mol. The molecule has 3 aromatic rings. The van der Waals surface area contributed by atoms with Gasteiger partial charge in [-0.2, -0.15) is 15.1 Å². The van der Waals surface area contributed by atoms with E-state index in [0.29, 0.717) is 27.3 Å². The monoisotopic (exact) mass is 470 g/mol. The van der Waals surface area contributed by atoms with E-state index in [9.17, 15) is 9.59 Å². The van der Waals surface area contributed by atoms with Crippen molar-refractivity contribution in [3.63, 3.8) is 0 Å². The molecule has 168 valence electrons. The molecule has 1 aromatic heterocycles. The topological polar surface area (TPSA) is 108 Å². The number of hydrogen-bond donors (Lipinski definition) is 1. The molecular formula is C25H18N4O4S. The van der Waals surface area contributed by atoms with Crippen molar-refractivity contribution in [2.24, 2.45) is 10.1 Å². The largest absolute Gasteiger partial charge is 0.465 e. The molecule has 0 unspecified atom stereocenters. The van der Waals surface area contributed by atoms with Crippen LogP contribution in [0.5, 0.6) is 0 Å². The average Bonchev–Trinajstić information content (AvgIpc) is 3.49. The van der Waals surface area contributed by atoms with Crippen molar-refractivity contribution in [2.75, 3.05) is 7.11 Å². The summed E-state index contributed by atoms with van der Waals surface area (Å²) in [6, 6.07) is 18.1. The maximum absolute atomic E-state index is 12.7. The molecular weight excluding hydrogens is 452 g/mol. The third kappa shape index (κ3) is 3.97. The SMILES string of the molecule is COC(=O)c1ccc(-c2ccc(C=C3C(=N)N4N=C(c5ccc(C)cc5)SC4=NC3=O)o2)cc1. The lowest BCUT2D eigenvalue weighted by atomic mass is 10.1. The Balaban J connectivity index is 1.39. The van der Waals surface area contributed by atoms with Gasteiger partial charge in [-0.3, -0.25) is 10.2 Å². The minimum absolute atomic E-state index is 0.0648. The molecule has 0 spiro atoms. The van der Waals surface area contributed by atoms with E-state index in [0.717, 1.165) is 16.7 Å². The van der Waals surface area contributed by atoms with Crippen molar-refractivity contribution in [2.45, 2.75) is 6.92 Å². The highest BCUT2D eigenvalue weighted by Gasteiger charge is 2.36. The highest BCUT2D eigenvalue weighted by molar-refractivity contribution is 8.27. The standard InChI is InChI=1S/C25H18N4O4S/c1-14-3-5-16(6-4-14)23-28-29-21(26)19(22(30)27-25(29)34-23)13-18-11-12-20(33-18)15-7-9-17(10-8-15)24(31)32-2/h3-13,26H,1-2H3. The first-order chi connectivity index (χ1) is 16.4. The van der Waals surface area contributed by atoms with Gasteiger partial charge in [0.2, 0.25) is 5.17 Å². The number of esters is 1. The van der Waals surface area contributed by atoms with Crippen molar-refractivity contribution >= 4 is 45.8 Å². The Bertz CT molecular complexity index is 1420. The summed E-state index contributed by atoms with van der Waals surface area (Å²) in [6.45, 7) is 2.00. The molecule has 2 aliphatic rings. The maximum atomic E-state index is 12.7. The van der Waals surface area contributed by atoms with E-state index >= 15 is 0 Å². The molecule has 3 heterocycles. The van der Waals surface area contributed by atoms with Crippen molar-refractivity contribution in [3.05, 3.63) is 88.7 Å². The lowest BCUT2D eigenvalue weighted by Gasteiger charge is -2.19. The Labute approximate surface area is 199 Å². The summed E-state index contributed by atoms with van der Waals surface area (Å²) in [5.74, 6) is -0.0551. The number of aliphatic imine (C=N–C) groups is 1. The second-order valence-electron chi connectivity index (χ2n) is 7.56. The molecule has 0 saturated carbocycles. The Kier molecular flexibility index (Phi) is 5.46. The summed E-state index contributed by atoms with van der Waals surface area (Å²) in [4.78, 5) is 28.4. The number of carbonyl (C=O) groups is 2. The zero-order chi connectivity index (χ0) is 23.8. The molecule has 2 aliphatic heterocycles. The third-order valence-electron chi connectivity index (χ3n) is 5.26. The molecule has 8 nitrogen and oxygen atoms in total. The van der Waals surface area contributed by atoms with Gasteiger partial charge >= 0.3 is 5.97 Å². The molecule has 0 fully saturated rings. The number of aryl methyl sites for hydroxylation is 1. The Morgan fingerprint density at radius 3 is 2.47 bits per heavy atom. The van der Waals surface area contributed by atoms with Crippen LogP contribution in [-0.4, -0.2) is 40.0 Å². The van der Waals surface area contributed by atoms with Crippen LogP contribution in [0, 0.1) is 12.3 Å². The highest BCUT2D eigenvalue weighted by atomic mass is 32.2. The van der Waals surface area contributed by atoms with Gasteiger partial charge in [0.1, 0.15) is 16.6 Å². The number of benzene rings is 2. The quantitative estimate of drug-likeness (QED) is 0.437. The zero-order valence-electron chi connectivity index (χ0n) is 18.2. The summed E-state index contributed by atoms with van der Waals surface area (Å²) in [5.41, 5.74) is 3.30. The smallest absolute Gasteiger partial charge is 0.337 e. The number of ether oxygens (including phenoxy) is 1. The number of nitrogens with one attached hydrogen (secondary N) is 1. The molecule has 1 amide bonds. The van der Waals surface area contributed by atoms with Gasteiger partial charge in [-0.15, -0.1) is 0 Å². The van der Waals surface area contributed by atoms with E-state index in [1.54, 1.807) is 36.4 Å². The summed E-state index contributed by atoms with van der Waals surface area (Å²) in [5, 5.41) is 15.4. The summed E-state index contributed by atoms with van der Waals surface area (Å²) in [6.07, 6.45) is 1.49. The van der Waals surface area contributed by atoms with Crippen LogP contribution in [0.4, 0.5) is 0 Å². The van der Waals surface area contributed by atoms with E-state index in [4.69, 9.17) is 14.6 Å². The van der Waals surface area contributed by atoms with Gasteiger partial charge in [0, 0.05) is 11.1 Å². The number of methoxy groups -OCH3 is 1. The number of furan rings is 1. The van der Waals surface area contributed by atoms with Crippen LogP contribution in [0.2, 0.25) is 0 Å². The zero-order valence-corrected chi connectivity index (χ0v) is 19.1. The van der Waals surface area contributed by atoms with Gasteiger partial charge in [0.05, 0.1) is 18.2 Å². The second-order valence-corrected chi connectivity index (χ2v) is 8.52. The van der Waals surface area contributed by atoms with Crippen molar-refractivity contribution < 1.29 is 18.7 Å². The fraction of sp³-hybridized carbons (Fsp3) is 0.0800. The lowest BCUT2D eigenvalue weighted by molar-refractivity contribution is -0.114. The normalized spacial score (nSPS) is 16.4. The van der Waals surface area contributed by atoms with Crippen LogP contribution >= 0.6 is 11.8 Å². The molecule has 0 saturated heterocycles. The van der Waals surface area contributed by atoms with E-state index in [1.807, 2.05) is 31.2 Å². The first-order valence-corrected chi connectivity index (χ1v) is 11.1. The number of amides is 1. The van der Waals surface area contributed by atoms with Gasteiger partial charge < -0.3 is 9.15 Å². The molecule has 0 bridgehead atoms. The highest BCUT2D eigenvalue weighted by Crippen LogP contribution is 2.31. The predicted octanol–water partition coefficient (Wildman–Crippen LogP) is 4.71. The van der Waals surface area contributed by atoms with Gasteiger partial charge in [-0.25, -0.2) is 4.79 Å². The van der Waals surface area contributed by atoms with Crippen LogP contribution in [0.1, 0.15) is 27.2 Å². The minimum atomic E-state index is -0.524. The van der Waals surface area contributed by atoms with Gasteiger partial charge in [0.15, 0.2) is 5.84 Å². The first kappa shape index (κ1) is 21.6. The average molecular weight is 471 g/mol. The number of hydrazone groups is 1. The van der Waals surface area contributed by atoms with Crippen molar-refractivity contribution in [1.82, 2.24) is 5.01 Å². The second kappa shape index (κ2) is 8.60. The number of nitrogens with zero attached hydrogens (tertiary/aromatic N) is 3. The summed E-state index contributed by atoms with van der Waals surface area (Å²) in [7, 11) is 1.33. The van der Waals surface area contributed by atoms with E-state index < -0.39 is 11.9 Å². The number of thioether (sulfide) groups is 1. The van der Waals surface area contributed by atoms with Crippen LogP contribution < -0.4 is 0 Å². The lowest BCUT2D eigenvalue weighted by Crippen LogP contribution is -2.35. The van der Waals surface area contributed by atoms with E-state index in [-0.39, 0.29) is 11.4 Å². The summed E-state index contributed by atoms with van der Waals surface area (Å²) >= 11 is 1.26. The van der Waals surface area contributed by atoms with Crippen LogP contribution in [0.25, 0.3) is 17.4 Å². The number of fused-ring (bicyclic) bond motifs is 1. The molecule has 0 aliphatic carbocycles. The molecule has 9 heteroatoms. The fourth-order valence-electron chi connectivity index (χ4n) is 3.42. The molecule has 34 heavy (non-hydrogen) atoms. The summed E-state index contributed by atoms with van der Waals surface area (Å²) < 4.78 is 10.6. The van der Waals surface area contributed by atoms with Gasteiger partial charge in [-0.05, 0) is 49.0 Å². The first-order valence-electron chi connectivity index (χ1n) is 10.3. The molecule has 0 atom stereocenters. The third-order valence-corrected chi connectivity index (χ3v) is 6.21. The Morgan fingerprint density at radius 2 is 1.76 bits per heavy atom. The van der Waals surface area contributed by atoms with Gasteiger partial charge in [0.25, 0.3) is 5.91 Å².